The number of nitrogens with zero attached hydrogens (tertiary/aromatic N) is 2. The van der Waals surface area contributed by atoms with Gasteiger partial charge in [0.25, 0.3) is 10.0 Å². The van der Waals surface area contributed by atoms with E-state index in [2.05, 4.69) is 20.3 Å². The van der Waals surface area contributed by atoms with Gasteiger partial charge in [-0.3, -0.25) is 0 Å². The molecule has 0 atom stereocenters. The predicted molar refractivity (Wildman–Crippen MR) is 139 cm³/mol. The van der Waals surface area contributed by atoms with Crippen LogP contribution in [0.4, 0.5) is 0 Å². The first-order chi connectivity index (χ1) is 16.5. The number of hydrogen-bond acceptors (Lipinski definition) is 5. The van der Waals surface area contributed by atoms with Crippen LogP contribution in [0, 0.1) is 0 Å². The lowest BCUT2D eigenvalue weighted by atomic mass is 10.0. The van der Waals surface area contributed by atoms with Gasteiger partial charge in [-0.25, -0.2) is 4.98 Å². The number of aromatic nitrogens is 1. The Morgan fingerprint density at radius 3 is 2.44 bits per heavy atom. The van der Waals surface area contributed by atoms with E-state index < -0.39 is 10.0 Å². The molecule has 0 aliphatic heterocycles. The fraction of sp³-hybridized carbons (Fsp3) is 0. The summed E-state index contributed by atoms with van der Waals surface area (Å²) in [5, 5.41) is 3.58. The highest BCUT2D eigenvalue weighted by molar-refractivity contribution is 9.10. The maximum atomic E-state index is 13.2. The van der Waals surface area contributed by atoms with Crippen LogP contribution in [0.15, 0.2) is 109 Å². The summed E-state index contributed by atoms with van der Waals surface area (Å²) < 4.78 is 38.4. The van der Waals surface area contributed by atoms with Gasteiger partial charge in [-0.15, -0.1) is 15.7 Å². The van der Waals surface area contributed by atoms with Crippen molar-refractivity contribution in [3.63, 3.8) is 0 Å². The highest BCUT2D eigenvalue weighted by Gasteiger charge is 2.18. The van der Waals surface area contributed by atoms with Crippen LogP contribution in [0.3, 0.4) is 0 Å². The van der Waals surface area contributed by atoms with E-state index in [1.807, 2.05) is 66.7 Å². The van der Waals surface area contributed by atoms with Crippen molar-refractivity contribution < 1.29 is 12.8 Å². The normalized spacial score (nSPS) is 12.7. The van der Waals surface area contributed by atoms with Crippen molar-refractivity contribution in [3.05, 3.63) is 101 Å². The van der Waals surface area contributed by atoms with E-state index in [1.54, 1.807) is 12.1 Å². The summed E-state index contributed by atoms with van der Waals surface area (Å²) >= 11 is 4.80. The largest absolute Gasteiger partial charge is 0.437 e. The molecule has 0 fully saturated rings. The Morgan fingerprint density at radius 2 is 1.62 bits per heavy atom. The first-order valence-corrected chi connectivity index (χ1v) is 13.4. The molecule has 6 rings (SSSR count). The second kappa shape index (κ2) is 8.16. The van der Waals surface area contributed by atoms with Crippen LogP contribution < -0.4 is 5.55 Å². The number of fused-ring (bicyclic) bond motifs is 4. The molecule has 0 saturated carbocycles. The number of hydrogen-bond donors (Lipinski definition) is 0. The summed E-state index contributed by atoms with van der Waals surface area (Å²) in [6.07, 6.45) is 0. The molecule has 2 heterocycles. The van der Waals surface area contributed by atoms with Gasteiger partial charge in [-0.1, -0.05) is 58.4 Å². The molecule has 34 heavy (non-hydrogen) atoms. The van der Waals surface area contributed by atoms with E-state index in [-0.39, 0.29) is 10.4 Å². The average Bonchev–Trinajstić information content (AvgIpc) is 3.27. The Kier molecular flexibility index (Phi) is 5.09. The second-order valence-corrected chi connectivity index (χ2v) is 11.2. The molecule has 0 unspecified atom stereocenters. The number of thiazole rings is 1. The van der Waals surface area contributed by atoms with Crippen LogP contribution in [0.2, 0.25) is 0 Å². The zero-order valence-electron chi connectivity index (χ0n) is 17.5. The summed E-state index contributed by atoms with van der Waals surface area (Å²) in [7, 11) is -4.01. The summed E-state index contributed by atoms with van der Waals surface area (Å²) in [5.41, 5.74) is 1.92. The minimum atomic E-state index is -4.01. The molecule has 0 spiro atoms. The van der Waals surface area contributed by atoms with Crippen molar-refractivity contribution >= 4 is 69.2 Å². The molecule has 0 radical (unpaired) electrons. The quantitative estimate of drug-likeness (QED) is 0.226. The lowest BCUT2D eigenvalue weighted by Crippen LogP contribution is -2.11. The van der Waals surface area contributed by atoms with E-state index in [0.717, 1.165) is 30.8 Å². The molecule has 0 bridgehead atoms. The Morgan fingerprint density at radius 1 is 0.853 bits per heavy atom. The number of para-hydroxylation sites is 1. The lowest BCUT2D eigenvalue weighted by Gasteiger charge is -2.06. The Bertz CT molecular complexity index is 1860. The third kappa shape index (κ3) is 3.73. The van der Waals surface area contributed by atoms with Crippen LogP contribution in [0.25, 0.3) is 42.5 Å². The van der Waals surface area contributed by atoms with Crippen LogP contribution >= 0.6 is 27.3 Å². The molecule has 4 aromatic carbocycles. The lowest BCUT2D eigenvalue weighted by molar-refractivity contribution is 0.543. The van der Waals surface area contributed by atoms with E-state index in [0.29, 0.717) is 16.2 Å². The van der Waals surface area contributed by atoms with Gasteiger partial charge in [0.1, 0.15) is 10.6 Å². The summed E-state index contributed by atoms with van der Waals surface area (Å²) in [5.74, 6) is 0. The fourth-order valence-electron chi connectivity index (χ4n) is 3.86. The van der Waals surface area contributed by atoms with E-state index in [1.165, 1.54) is 23.5 Å². The van der Waals surface area contributed by atoms with Gasteiger partial charge in [-0.05, 0) is 59.3 Å². The van der Waals surface area contributed by atoms with Crippen molar-refractivity contribution in [1.82, 2.24) is 4.98 Å². The van der Waals surface area contributed by atoms with Gasteiger partial charge in [0, 0.05) is 9.86 Å². The maximum absolute atomic E-state index is 13.2. The topological polar surface area (TPSA) is 72.5 Å². The molecular weight excluding hydrogens is 532 g/mol. The number of benzene rings is 4. The third-order valence-corrected chi connectivity index (χ3v) is 8.37. The molecule has 2 aromatic heterocycles. The van der Waals surface area contributed by atoms with Crippen molar-refractivity contribution in [3.8, 4) is 10.6 Å². The number of sulfonamides is 1. The second-order valence-electron chi connectivity index (χ2n) is 7.67. The van der Waals surface area contributed by atoms with Gasteiger partial charge in [-0.2, -0.15) is 8.42 Å². The fourth-order valence-corrected chi connectivity index (χ4v) is 6.03. The standard InChI is InChI=1S/C26H15BrN2O3S2/c27-17-10-12-18(13-11-17)34(30,31)29-25-21(26-28-22-7-3-4-8-24(22)33-26)15-20-19-6-2-1-5-16(19)9-14-23(20)32-25/h1-15H/b29-25-. The van der Waals surface area contributed by atoms with E-state index >= 15 is 0 Å². The minimum Gasteiger partial charge on any atom is -0.437 e. The summed E-state index contributed by atoms with van der Waals surface area (Å²) in [6, 6.07) is 27.9. The van der Waals surface area contributed by atoms with Crippen molar-refractivity contribution in [2.45, 2.75) is 4.90 Å². The highest BCUT2D eigenvalue weighted by atomic mass is 79.9. The molecule has 5 nitrogen and oxygen atoms in total. The maximum Gasteiger partial charge on any atom is 0.285 e. The predicted octanol–water partition coefficient (Wildman–Crippen LogP) is 6.91. The van der Waals surface area contributed by atoms with Gasteiger partial charge in [0.05, 0.1) is 20.7 Å². The average molecular weight is 547 g/mol. The zero-order chi connectivity index (χ0) is 23.3. The van der Waals surface area contributed by atoms with E-state index in [9.17, 15) is 8.42 Å². The SMILES string of the molecule is O=S(=O)(/N=c1\oc2ccc3ccccc3c2cc1-c1nc2ccccc2s1)c1ccc(Br)cc1. The van der Waals surface area contributed by atoms with E-state index in [4.69, 9.17) is 9.40 Å². The molecule has 0 aliphatic rings. The smallest absolute Gasteiger partial charge is 0.285 e. The molecular formula is C26H15BrN2O3S2. The van der Waals surface area contributed by atoms with Gasteiger partial charge < -0.3 is 4.42 Å². The van der Waals surface area contributed by atoms with Crippen LogP contribution in [0.5, 0.6) is 0 Å². The monoisotopic (exact) mass is 546 g/mol. The molecule has 8 heteroatoms. The van der Waals surface area contributed by atoms with Crippen molar-refractivity contribution in [2.24, 2.45) is 4.40 Å². The van der Waals surface area contributed by atoms with Crippen LogP contribution in [0.1, 0.15) is 0 Å². The molecule has 6 aromatic rings. The van der Waals surface area contributed by atoms with Crippen LogP contribution in [-0.2, 0) is 10.0 Å². The molecule has 166 valence electrons. The molecule has 0 aliphatic carbocycles. The molecule has 0 saturated heterocycles. The molecule has 0 amide bonds. The minimum absolute atomic E-state index is 0.00440. The van der Waals surface area contributed by atoms with Crippen molar-refractivity contribution in [1.29, 1.82) is 0 Å². The van der Waals surface area contributed by atoms with Gasteiger partial charge >= 0.3 is 0 Å². The number of halogens is 1. The van der Waals surface area contributed by atoms with Gasteiger partial charge in [0.15, 0.2) is 0 Å². The Labute approximate surface area is 207 Å². The Balaban J connectivity index is 1.68. The van der Waals surface area contributed by atoms with Crippen molar-refractivity contribution in [2.75, 3.05) is 0 Å². The number of rotatable bonds is 3. The van der Waals surface area contributed by atoms with Gasteiger partial charge in [0.2, 0.25) is 5.55 Å². The summed E-state index contributed by atoms with van der Waals surface area (Å²) in [6.45, 7) is 0. The first-order valence-electron chi connectivity index (χ1n) is 10.4. The third-order valence-electron chi connectivity index (χ3n) is 5.50. The highest BCUT2D eigenvalue weighted by Crippen LogP contribution is 2.32. The summed E-state index contributed by atoms with van der Waals surface area (Å²) in [4.78, 5) is 4.83. The zero-order valence-corrected chi connectivity index (χ0v) is 20.7. The first kappa shape index (κ1) is 21.2. The van der Waals surface area contributed by atoms with Crippen LogP contribution in [-0.4, -0.2) is 13.4 Å². The Hall–Kier alpha value is -3.33. The molecule has 0 N–H and O–H groups in total.